The van der Waals surface area contributed by atoms with Gasteiger partial charge in [0.1, 0.15) is 16.9 Å². The number of anilines is 3. The van der Waals surface area contributed by atoms with Crippen molar-refractivity contribution in [3.8, 4) is 0 Å². The van der Waals surface area contributed by atoms with Crippen molar-refractivity contribution in [3.05, 3.63) is 53.9 Å². The second-order valence-corrected chi connectivity index (χ2v) is 35.2. The van der Waals surface area contributed by atoms with E-state index >= 15 is 0 Å². The molecule has 1 unspecified atom stereocenters. The molecule has 600 valence electrons. The molecule has 0 spiro atoms. The molecule has 0 bridgehead atoms. The third-order valence-electron chi connectivity index (χ3n) is 26.9. The van der Waals surface area contributed by atoms with Crippen LogP contribution < -0.4 is 16.0 Å². The Kier molecular flexibility index (Phi) is 28.3. The zero-order chi connectivity index (χ0) is 76.1. The summed E-state index contributed by atoms with van der Waals surface area (Å²) in [4.78, 5) is 77.3. The van der Waals surface area contributed by atoms with Crippen LogP contribution in [0, 0.1) is 17.8 Å². The lowest BCUT2D eigenvalue weighted by Crippen LogP contribution is -2.46. The molecule has 109 heavy (non-hydrogen) atoms. The molecular weight excluding hydrogens is 1370 g/mol. The van der Waals surface area contributed by atoms with Crippen molar-refractivity contribution in [3.63, 3.8) is 0 Å². The Morgan fingerprint density at radius 3 is 0.954 bits per heavy atom. The highest BCUT2D eigenvalue weighted by Crippen LogP contribution is 2.44. The lowest BCUT2D eigenvalue weighted by Gasteiger charge is -2.37. The maximum atomic E-state index is 13.2. The van der Waals surface area contributed by atoms with Crippen LogP contribution in [0.5, 0.6) is 0 Å². The van der Waals surface area contributed by atoms with Crippen LogP contribution >= 0.6 is 0 Å². The molecule has 15 rings (SSSR count). The number of aromatic nitrogens is 9. The summed E-state index contributed by atoms with van der Waals surface area (Å²) < 4.78 is 7.14. The Bertz CT molecular complexity index is 3700. The van der Waals surface area contributed by atoms with Gasteiger partial charge in [0.05, 0.1) is 24.2 Å². The average molecular weight is 1500 g/mol. The van der Waals surface area contributed by atoms with E-state index in [1.807, 2.05) is 18.6 Å². The van der Waals surface area contributed by atoms with E-state index in [9.17, 15) is 29.7 Å². The van der Waals surface area contributed by atoms with Crippen molar-refractivity contribution in [2.24, 2.45) is 17.8 Å². The van der Waals surface area contributed by atoms with Crippen molar-refractivity contribution in [2.45, 2.75) is 345 Å². The fourth-order valence-corrected chi connectivity index (χ4v) is 20.4. The molecule has 9 fully saturated rings. The van der Waals surface area contributed by atoms with E-state index in [-0.39, 0.29) is 36.1 Å². The summed E-state index contributed by atoms with van der Waals surface area (Å²) in [6, 6.07) is 2.11. The van der Waals surface area contributed by atoms with E-state index in [0.717, 1.165) is 278 Å². The number of likely N-dealkylation sites (tertiary alicyclic amines) is 4. The topological polar surface area (TPSA) is 253 Å². The Balaban J connectivity index is 0.000000144. The van der Waals surface area contributed by atoms with E-state index in [0.29, 0.717) is 89.6 Å². The number of nitrogens with one attached hydrogen (secondary N) is 3. The van der Waals surface area contributed by atoms with Gasteiger partial charge in [0.15, 0.2) is 0 Å². The monoisotopic (exact) mass is 1500 g/mol. The smallest absolute Gasteiger partial charge is 0.226 e. The molecule has 6 aromatic rings. The number of hydrogen-bond acceptors (Lipinski definition) is 16. The molecule has 22 nitrogen and oxygen atoms in total. The van der Waals surface area contributed by atoms with Crippen LogP contribution in [0.3, 0.4) is 0 Å². The predicted molar refractivity (Wildman–Crippen MR) is 436 cm³/mol. The molecular formula is C87H136N16O6. The van der Waals surface area contributed by atoms with Gasteiger partial charge in [-0.3, -0.25) is 14.4 Å². The molecule has 4 aliphatic heterocycles. The number of rotatable bonds is 21. The number of aliphatic hydroxyl groups is 3. The number of aliphatic hydroxyl groups excluding tert-OH is 3. The van der Waals surface area contributed by atoms with Gasteiger partial charge in [-0.05, 0) is 242 Å². The number of amides is 3. The van der Waals surface area contributed by atoms with Crippen molar-refractivity contribution in [1.82, 2.24) is 63.2 Å². The second kappa shape index (κ2) is 38.4. The number of fused-ring (bicyclic) bond motifs is 3. The summed E-state index contributed by atoms with van der Waals surface area (Å²) in [6.45, 7) is 20.3. The lowest BCUT2D eigenvalue weighted by atomic mass is 9.86. The maximum Gasteiger partial charge on any atom is 0.226 e. The molecule has 3 amide bonds. The lowest BCUT2D eigenvalue weighted by molar-refractivity contribution is -0.138. The van der Waals surface area contributed by atoms with Crippen LogP contribution in [-0.4, -0.2) is 192 Å². The van der Waals surface area contributed by atoms with Crippen molar-refractivity contribution >= 4 is 68.7 Å². The second-order valence-electron chi connectivity index (χ2n) is 35.2. The Hall–Kier alpha value is -6.49. The first-order chi connectivity index (χ1) is 53.0. The Labute approximate surface area is 650 Å². The zero-order valence-electron chi connectivity index (χ0n) is 67.6. The summed E-state index contributed by atoms with van der Waals surface area (Å²) in [5.41, 5.74) is 7.07. The summed E-state index contributed by atoms with van der Waals surface area (Å²) >= 11 is 0. The first-order valence-corrected chi connectivity index (χ1v) is 44.0. The van der Waals surface area contributed by atoms with Gasteiger partial charge in [0.25, 0.3) is 0 Å². The van der Waals surface area contributed by atoms with Gasteiger partial charge in [-0.1, -0.05) is 78.6 Å². The van der Waals surface area contributed by atoms with Gasteiger partial charge < -0.3 is 64.6 Å². The quantitative estimate of drug-likeness (QED) is 0.0392. The van der Waals surface area contributed by atoms with Crippen LogP contribution in [0.2, 0.25) is 0 Å². The van der Waals surface area contributed by atoms with Gasteiger partial charge in [-0.2, -0.15) is 15.0 Å². The number of nitrogens with zero attached hydrogens (tertiary/aromatic N) is 13. The molecule has 6 aromatic heterocycles. The third-order valence-corrected chi connectivity index (χ3v) is 26.9. The summed E-state index contributed by atoms with van der Waals surface area (Å²) in [7, 11) is 2.13. The Morgan fingerprint density at radius 2 is 0.670 bits per heavy atom. The molecule has 0 aromatic carbocycles. The van der Waals surface area contributed by atoms with Gasteiger partial charge in [0, 0.05) is 147 Å². The number of piperidine rings is 4. The van der Waals surface area contributed by atoms with Crippen molar-refractivity contribution in [2.75, 3.05) is 75.4 Å². The van der Waals surface area contributed by atoms with Gasteiger partial charge in [0.2, 0.25) is 35.6 Å². The van der Waals surface area contributed by atoms with Gasteiger partial charge >= 0.3 is 0 Å². The van der Waals surface area contributed by atoms with E-state index < -0.39 is 0 Å². The molecule has 5 saturated carbocycles. The molecule has 22 heteroatoms. The van der Waals surface area contributed by atoms with E-state index in [4.69, 9.17) is 29.9 Å². The van der Waals surface area contributed by atoms with Crippen LogP contribution in [-0.2, 0) is 14.4 Å². The van der Waals surface area contributed by atoms with Crippen molar-refractivity contribution in [1.29, 1.82) is 0 Å². The fourth-order valence-electron chi connectivity index (χ4n) is 20.4. The highest BCUT2D eigenvalue weighted by atomic mass is 16.3. The van der Waals surface area contributed by atoms with Crippen LogP contribution in [0.15, 0.2) is 37.2 Å². The Morgan fingerprint density at radius 1 is 0.385 bits per heavy atom. The first kappa shape index (κ1) is 80.6. The van der Waals surface area contributed by atoms with Crippen LogP contribution in [0.25, 0.3) is 33.1 Å². The van der Waals surface area contributed by atoms with Crippen molar-refractivity contribution < 1.29 is 29.7 Å². The van der Waals surface area contributed by atoms with E-state index in [2.05, 4.69) is 116 Å². The summed E-state index contributed by atoms with van der Waals surface area (Å²) in [5.74, 6) is 5.22. The molecule has 4 atom stereocenters. The standard InChI is InChI=1S/C29H46N6O2.2C29H45N5O2/c1-4-6-20(2)31-29-30-17-25-26(19-35(27(25)32-29)23-8-10-24(36)11-9-23)21-12-15-34(16-13-21)28(37)22-7-5-14-33(3)18-22;2*1-3-7-20(2)31-29-30-18-25-26(19-34(27(25)32-29)23-10-12-24(35)13-11-23)21-14-16-33(17-15-21)28(36)22-8-5-4-6-9-22/h17,19-24,36H,4-16,18H2,1-3H3,(H,30,31,32);2*18-24,35H,3-17H2,1-2H3,(H,30,31,32)/t20-,22?,23?,24?;2*20-,23?,24?/m000/s1. The van der Waals surface area contributed by atoms with Crippen LogP contribution in [0.1, 0.15) is 325 Å². The predicted octanol–water partition coefficient (Wildman–Crippen LogP) is 16.1. The highest BCUT2D eigenvalue weighted by Gasteiger charge is 2.38. The number of hydrogen-bond donors (Lipinski definition) is 6. The third kappa shape index (κ3) is 20.1. The van der Waals surface area contributed by atoms with Gasteiger partial charge in [-0.25, -0.2) is 15.0 Å². The maximum absolute atomic E-state index is 13.2. The number of carbonyl (C=O) groups is 3. The van der Waals surface area contributed by atoms with E-state index in [1.165, 1.54) is 55.2 Å². The minimum Gasteiger partial charge on any atom is -0.393 e. The van der Waals surface area contributed by atoms with Crippen LogP contribution in [0.4, 0.5) is 17.8 Å². The summed E-state index contributed by atoms with van der Waals surface area (Å²) in [6.07, 6.45) is 50.1. The average Bonchev–Trinajstić information content (AvgIpc) is 1.62. The summed E-state index contributed by atoms with van der Waals surface area (Å²) in [5, 5.41) is 44.2. The normalized spacial score (nSPS) is 25.8. The molecule has 0 radical (unpaired) electrons. The molecule has 9 aliphatic rings. The van der Waals surface area contributed by atoms with E-state index in [1.54, 1.807) is 0 Å². The molecule has 4 saturated heterocycles. The minimum absolute atomic E-state index is 0.160. The highest BCUT2D eigenvalue weighted by molar-refractivity contribution is 5.85. The fraction of sp³-hybridized carbons (Fsp3) is 0.759. The molecule has 6 N–H and O–H groups in total. The first-order valence-electron chi connectivity index (χ1n) is 44.0. The van der Waals surface area contributed by atoms with Gasteiger partial charge in [-0.15, -0.1) is 0 Å². The molecule has 5 aliphatic carbocycles. The number of carbonyl (C=O) groups excluding carboxylic acids is 3. The SMILES string of the molecule is CCC[C@H](C)Nc1ncc2c(C3CCN(C(=O)C4CCCCC4)CC3)cn(C3CCC(O)CC3)c2n1.CCC[C@H](C)Nc1ncc2c(C3CCN(C(=O)C4CCCCC4)CC3)cn(C3CCC(O)CC3)c2n1.CCC[C@H](C)Nc1ncc2c(C3CCN(C(=O)C4CCCN(C)C4)CC3)cn(C3CCC(O)CC3)c2n1. The molecule has 10 heterocycles. The largest absolute Gasteiger partial charge is 0.393 e. The minimum atomic E-state index is -0.176. The zero-order valence-corrected chi connectivity index (χ0v) is 67.6.